The van der Waals surface area contributed by atoms with Crippen LogP contribution in [0.4, 0.5) is 0 Å². The zero-order chi connectivity index (χ0) is 13.8. The van der Waals surface area contributed by atoms with Crippen LogP contribution in [-0.2, 0) is 13.0 Å². The summed E-state index contributed by atoms with van der Waals surface area (Å²) in [7, 11) is 0. The molecule has 19 heavy (non-hydrogen) atoms. The molecule has 108 valence electrons. The fourth-order valence-corrected chi connectivity index (χ4v) is 3.04. The van der Waals surface area contributed by atoms with Crippen LogP contribution in [0, 0.1) is 17.8 Å². The van der Waals surface area contributed by atoms with E-state index < -0.39 is 0 Å². The van der Waals surface area contributed by atoms with Crippen molar-refractivity contribution in [3.63, 3.8) is 0 Å². The summed E-state index contributed by atoms with van der Waals surface area (Å²) in [5.74, 6) is 3.19. The van der Waals surface area contributed by atoms with Gasteiger partial charge in [0.1, 0.15) is 12.2 Å². The van der Waals surface area contributed by atoms with Gasteiger partial charge >= 0.3 is 0 Å². The summed E-state index contributed by atoms with van der Waals surface area (Å²) in [6.07, 6.45) is 7.74. The third-order valence-corrected chi connectivity index (χ3v) is 4.32. The molecule has 4 heteroatoms. The van der Waals surface area contributed by atoms with Gasteiger partial charge in [-0.25, -0.2) is 9.67 Å². The van der Waals surface area contributed by atoms with Crippen molar-refractivity contribution < 1.29 is 0 Å². The summed E-state index contributed by atoms with van der Waals surface area (Å²) in [5, 5.41) is 4.32. The van der Waals surface area contributed by atoms with Gasteiger partial charge in [0.15, 0.2) is 0 Å². The highest BCUT2D eigenvalue weighted by Gasteiger charge is 2.25. The number of hydrogen-bond donors (Lipinski definition) is 1. The molecule has 1 aliphatic rings. The van der Waals surface area contributed by atoms with Gasteiger partial charge < -0.3 is 5.73 Å². The minimum Gasteiger partial charge on any atom is -0.327 e. The summed E-state index contributed by atoms with van der Waals surface area (Å²) in [4.78, 5) is 4.39. The monoisotopic (exact) mass is 264 g/mol. The van der Waals surface area contributed by atoms with E-state index in [2.05, 4.69) is 30.9 Å². The number of hydrogen-bond acceptors (Lipinski definition) is 3. The van der Waals surface area contributed by atoms with Crippen LogP contribution < -0.4 is 5.73 Å². The Bertz CT molecular complexity index is 377. The molecule has 0 aromatic carbocycles. The number of aromatic nitrogens is 3. The van der Waals surface area contributed by atoms with Crippen molar-refractivity contribution in [1.29, 1.82) is 0 Å². The van der Waals surface area contributed by atoms with Gasteiger partial charge in [-0.2, -0.15) is 5.10 Å². The smallest absolute Gasteiger partial charge is 0.138 e. The molecule has 1 aliphatic carbocycles. The van der Waals surface area contributed by atoms with E-state index in [1.807, 2.05) is 4.68 Å². The van der Waals surface area contributed by atoms with Gasteiger partial charge in [-0.1, -0.05) is 33.6 Å². The van der Waals surface area contributed by atoms with Crippen molar-refractivity contribution in [3.05, 3.63) is 12.2 Å². The first-order valence-electron chi connectivity index (χ1n) is 7.68. The Labute approximate surface area is 116 Å². The first-order valence-corrected chi connectivity index (χ1v) is 7.68. The third-order valence-electron chi connectivity index (χ3n) is 4.32. The van der Waals surface area contributed by atoms with Crippen LogP contribution in [0.25, 0.3) is 0 Å². The largest absolute Gasteiger partial charge is 0.327 e. The Morgan fingerprint density at radius 3 is 2.63 bits per heavy atom. The molecule has 2 N–H and O–H groups in total. The number of rotatable bonds is 5. The Kier molecular flexibility index (Phi) is 4.97. The van der Waals surface area contributed by atoms with E-state index in [-0.39, 0.29) is 6.04 Å². The van der Waals surface area contributed by atoms with E-state index in [4.69, 9.17) is 5.73 Å². The lowest BCUT2D eigenvalue weighted by Crippen LogP contribution is -2.35. The van der Waals surface area contributed by atoms with Crippen LogP contribution in [0.15, 0.2) is 6.33 Å². The molecule has 1 saturated carbocycles. The Morgan fingerprint density at radius 1 is 1.32 bits per heavy atom. The molecule has 0 saturated heterocycles. The fourth-order valence-electron chi connectivity index (χ4n) is 3.04. The maximum Gasteiger partial charge on any atom is 0.138 e. The van der Waals surface area contributed by atoms with Crippen molar-refractivity contribution in [2.75, 3.05) is 0 Å². The van der Waals surface area contributed by atoms with E-state index in [1.165, 1.54) is 25.7 Å². The predicted octanol–water partition coefficient (Wildman–Crippen LogP) is 2.63. The lowest BCUT2D eigenvalue weighted by molar-refractivity contribution is 0.250. The minimum absolute atomic E-state index is 0.239. The van der Waals surface area contributed by atoms with Crippen molar-refractivity contribution in [3.8, 4) is 0 Å². The van der Waals surface area contributed by atoms with E-state index in [9.17, 15) is 0 Å². The summed E-state index contributed by atoms with van der Waals surface area (Å²) < 4.78 is 2.02. The highest BCUT2D eigenvalue weighted by molar-refractivity contribution is 4.92. The van der Waals surface area contributed by atoms with Crippen molar-refractivity contribution in [2.24, 2.45) is 23.5 Å². The highest BCUT2D eigenvalue weighted by atomic mass is 15.3. The van der Waals surface area contributed by atoms with Crippen LogP contribution in [0.5, 0.6) is 0 Å². The van der Waals surface area contributed by atoms with Crippen LogP contribution >= 0.6 is 0 Å². The molecule has 0 amide bonds. The summed E-state index contributed by atoms with van der Waals surface area (Å²) in [6, 6.07) is 0.239. The van der Waals surface area contributed by atoms with Crippen molar-refractivity contribution >= 4 is 0 Å². The highest BCUT2D eigenvalue weighted by Crippen LogP contribution is 2.30. The topological polar surface area (TPSA) is 56.7 Å². The molecule has 1 aromatic heterocycles. The zero-order valence-electron chi connectivity index (χ0n) is 12.5. The number of nitrogens with two attached hydrogens (primary N) is 1. The van der Waals surface area contributed by atoms with Gasteiger partial charge in [-0.3, -0.25) is 0 Å². The predicted molar refractivity (Wildman–Crippen MR) is 77.7 cm³/mol. The van der Waals surface area contributed by atoms with E-state index in [1.54, 1.807) is 6.33 Å². The maximum atomic E-state index is 6.40. The van der Waals surface area contributed by atoms with Crippen LogP contribution in [0.1, 0.15) is 52.3 Å². The van der Waals surface area contributed by atoms with Crippen LogP contribution in [0.3, 0.4) is 0 Å². The molecular weight excluding hydrogens is 236 g/mol. The van der Waals surface area contributed by atoms with Gasteiger partial charge in [0.05, 0.1) is 0 Å². The van der Waals surface area contributed by atoms with Crippen LogP contribution in [-0.4, -0.2) is 20.8 Å². The van der Waals surface area contributed by atoms with Gasteiger partial charge in [-0.15, -0.1) is 0 Å². The molecule has 0 radical (unpaired) electrons. The second-order valence-corrected chi connectivity index (χ2v) is 6.64. The SMILES string of the molecule is CC(C)Cn1ncnc1CC(N)C1CCC(C)CC1. The average Bonchev–Trinajstić information content (AvgIpc) is 2.76. The molecule has 1 aromatic rings. The molecule has 1 fully saturated rings. The van der Waals surface area contributed by atoms with Gasteiger partial charge in [0.25, 0.3) is 0 Å². The molecular formula is C15H28N4. The van der Waals surface area contributed by atoms with E-state index in [0.29, 0.717) is 11.8 Å². The van der Waals surface area contributed by atoms with Crippen molar-refractivity contribution in [2.45, 2.75) is 65.5 Å². The molecule has 1 heterocycles. The lowest BCUT2D eigenvalue weighted by atomic mass is 9.78. The van der Waals surface area contributed by atoms with Gasteiger partial charge in [0, 0.05) is 19.0 Å². The standard InChI is InChI=1S/C15H28N4/c1-11(2)9-19-15(17-10-18-19)8-14(16)13-6-4-12(3)5-7-13/h10-14H,4-9,16H2,1-3H3. The molecule has 2 rings (SSSR count). The maximum absolute atomic E-state index is 6.40. The van der Waals surface area contributed by atoms with Gasteiger partial charge in [0.2, 0.25) is 0 Å². The Hall–Kier alpha value is -0.900. The normalized spacial score (nSPS) is 25.7. The lowest BCUT2D eigenvalue weighted by Gasteiger charge is -2.30. The fraction of sp³-hybridized carbons (Fsp3) is 0.867. The quantitative estimate of drug-likeness (QED) is 0.889. The Morgan fingerprint density at radius 2 is 2.00 bits per heavy atom. The Balaban J connectivity index is 1.91. The van der Waals surface area contributed by atoms with E-state index in [0.717, 1.165) is 24.7 Å². The van der Waals surface area contributed by atoms with Crippen LogP contribution in [0.2, 0.25) is 0 Å². The second kappa shape index (κ2) is 6.51. The molecule has 1 atom stereocenters. The molecule has 0 spiro atoms. The summed E-state index contributed by atoms with van der Waals surface area (Å²) in [6.45, 7) is 7.69. The molecule has 4 nitrogen and oxygen atoms in total. The average molecular weight is 264 g/mol. The molecule has 0 aliphatic heterocycles. The second-order valence-electron chi connectivity index (χ2n) is 6.64. The number of nitrogens with zero attached hydrogens (tertiary/aromatic N) is 3. The first-order chi connectivity index (χ1) is 9.06. The van der Waals surface area contributed by atoms with E-state index >= 15 is 0 Å². The molecule has 0 bridgehead atoms. The third kappa shape index (κ3) is 4.03. The summed E-state index contributed by atoms with van der Waals surface area (Å²) in [5.41, 5.74) is 6.40. The zero-order valence-corrected chi connectivity index (χ0v) is 12.5. The van der Waals surface area contributed by atoms with Gasteiger partial charge in [-0.05, 0) is 30.6 Å². The molecule has 1 unspecified atom stereocenters. The first kappa shape index (κ1) is 14.5. The van der Waals surface area contributed by atoms with Crippen molar-refractivity contribution in [1.82, 2.24) is 14.8 Å². The minimum atomic E-state index is 0.239. The summed E-state index contributed by atoms with van der Waals surface area (Å²) >= 11 is 0.